The summed E-state index contributed by atoms with van der Waals surface area (Å²) in [5.41, 5.74) is -0.129. The Bertz CT molecular complexity index is 1060. The lowest BCUT2D eigenvalue weighted by molar-refractivity contribution is -0.130. The second kappa shape index (κ2) is 7.69. The Balaban J connectivity index is 1.78. The molecule has 29 heavy (non-hydrogen) atoms. The number of aromatic amines is 1. The molecule has 8 nitrogen and oxygen atoms in total. The third-order valence-corrected chi connectivity index (χ3v) is 5.76. The lowest BCUT2D eigenvalue weighted by Crippen LogP contribution is -2.36. The summed E-state index contributed by atoms with van der Waals surface area (Å²) in [6, 6.07) is 8.91. The lowest BCUT2D eigenvalue weighted by Gasteiger charge is -2.25. The highest BCUT2D eigenvalue weighted by Gasteiger charge is 2.35. The van der Waals surface area contributed by atoms with Gasteiger partial charge in [0.05, 0.1) is 11.8 Å². The summed E-state index contributed by atoms with van der Waals surface area (Å²) < 4.78 is 1.28. The van der Waals surface area contributed by atoms with Crippen LogP contribution >= 0.6 is 0 Å². The number of benzene rings is 1. The number of hydrazone groups is 1. The highest BCUT2D eigenvalue weighted by Crippen LogP contribution is 2.35. The third-order valence-electron chi connectivity index (χ3n) is 5.76. The zero-order valence-electron chi connectivity index (χ0n) is 16.3. The van der Waals surface area contributed by atoms with Gasteiger partial charge in [0.1, 0.15) is 5.56 Å². The van der Waals surface area contributed by atoms with Crippen molar-refractivity contribution >= 4 is 11.6 Å². The van der Waals surface area contributed by atoms with E-state index in [1.165, 1.54) is 16.5 Å². The van der Waals surface area contributed by atoms with E-state index in [1.807, 2.05) is 30.3 Å². The summed E-state index contributed by atoms with van der Waals surface area (Å²) in [6.45, 7) is 1.41. The van der Waals surface area contributed by atoms with Crippen molar-refractivity contribution in [2.45, 2.75) is 57.5 Å². The van der Waals surface area contributed by atoms with E-state index in [0.717, 1.165) is 37.7 Å². The maximum atomic E-state index is 12.6. The van der Waals surface area contributed by atoms with Crippen molar-refractivity contribution in [2.24, 2.45) is 5.10 Å². The largest absolute Gasteiger partial charge is 0.494 e. The Morgan fingerprint density at radius 1 is 1.14 bits per heavy atom. The van der Waals surface area contributed by atoms with Gasteiger partial charge in [0.25, 0.3) is 5.56 Å². The molecule has 1 fully saturated rings. The average molecular weight is 396 g/mol. The first kappa shape index (κ1) is 19.2. The molecule has 0 saturated heterocycles. The number of aromatic hydroxyl groups is 1. The van der Waals surface area contributed by atoms with E-state index < -0.39 is 11.2 Å². The van der Waals surface area contributed by atoms with Crippen LogP contribution in [-0.2, 0) is 4.79 Å². The van der Waals surface area contributed by atoms with E-state index in [9.17, 15) is 19.5 Å². The molecule has 2 aromatic rings. The van der Waals surface area contributed by atoms with Gasteiger partial charge in [-0.05, 0) is 18.4 Å². The van der Waals surface area contributed by atoms with Crippen molar-refractivity contribution in [3.05, 3.63) is 62.3 Å². The van der Waals surface area contributed by atoms with Crippen LogP contribution in [-0.4, -0.2) is 31.3 Å². The number of H-pyrrole nitrogens is 1. The molecular formula is C21H24N4O4. The molecule has 0 unspecified atom stereocenters. The number of rotatable bonds is 3. The zero-order valence-corrected chi connectivity index (χ0v) is 16.3. The van der Waals surface area contributed by atoms with E-state index in [4.69, 9.17) is 0 Å². The van der Waals surface area contributed by atoms with Crippen LogP contribution in [0.1, 0.15) is 68.7 Å². The van der Waals surface area contributed by atoms with E-state index in [-0.39, 0.29) is 35.9 Å². The minimum absolute atomic E-state index is 0.0279. The molecule has 1 aromatic heterocycles. The fraction of sp³-hybridized carbons (Fsp3) is 0.429. The fourth-order valence-corrected chi connectivity index (χ4v) is 4.36. The van der Waals surface area contributed by atoms with Crippen LogP contribution in [0.2, 0.25) is 0 Å². The Kier molecular flexibility index (Phi) is 5.08. The zero-order chi connectivity index (χ0) is 20.5. The van der Waals surface area contributed by atoms with Gasteiger partial charge in [-0.25, -0.2) is 9.80 Å². The van der Waals surface area contributed by atoms with Gasteiger partial charge >= 0.3 is 5.69 Å². The van der Waals surface area contributed by atoms with Crippen LogP contribution in [0.25, 0.3) is 0 Å². The highest BCUT2D eigenvalue weighted by molar-refractivity contribution is 6.04. The SMILES string of the molecule is CC(=O)N1N=C(c2c(O)n(C3CCCCC3)c(=O)[nH]c2=O)C[C@@H]1c1ccccc1. The van der Waals surface area contributed by atoms with Crippen molar-refractivity contribution in [1.29, 1.82) is 0 Å². The summed E-state index contributed by atoms with van der Waals surface area (Å²) >= 11 is 0. The predicted molar refractivity (Wildman–Crippen MR) is 108 cm³/mol. The molecule has 8 heteroatoms. The number of nitrogens with one attached hydrogen (secondary N) is 1. The Hall–Kier alpha value is -3.16. The molecule has 1 aliphatic carbocycles. The molecule has 0 spiro atoms. The van der Waals surface area contributed by atoms with Crippen LogP contribution in [0.5, 0.6) is 5.88 Å². The predicted octanol–water partition coefficient (Wildman–Crippen LogP) is 2.45. The van der Waals surface area contributed by atoms with E-state index in [1.54, 1.807) is 0 Å². The maximum Gasteiger partial charge on any atom is 0.331 e. The normalized spacial score (nSPS) is 20.0. The van der Waals surface area contributed by atoms with Crippen LogP contribution in [0, 0.1) is 0 Å². The molecule has 4 rings (SSSR count). The molecule has 2 N–H and O–H groups in total. The Labute approximate surface area is 167 Å². The molecule has 1 saturated carbocycles. The quantitative estimate of drug-likeness (QED) is 0.831. The first-order chi connectivity index (χ1) is 14.0. The van der Waals surface area contributed by atoms with Crippen LogP contribution in [0.15, 0.2) is 45.0 Å². The standard InChI is InChI=1S/C21H24N4O4/c1-13(26)25-17(14-8-4-2-5-9-14)12-16(23-25)18-19(27)22-21(29)24(20(18)28)15-10-6-3-7-11-15/h2,4-5,8-9,15,17,28H,3,6-7,10-12H2,1H3,(H,22,27,29)/t17-/m1/s1. The third kappa shape index (κ3) is 3.50. The van der Waals surface area contributed by atoms with E-state index in [0.29, 0.717) is 5.71 Å². The summed E-state index contributed by atoms with van der Waals surface area (Å²) in [5.74, 6) is -0.619. The average Bonchev–Trinajstić information content (AvgIpc) is 3.14. The molecule has 1 aliphatic heterocycles. The molecule has 1 atom stereocenters. The lowest BCUT2D eigenvalue weighted by atomic mass is 9.95. The highest BCUT2D eigenvalue weighted by atomic mass is 16.3. The number of nitrogens with zero attached hydrogens (tertiary/aromatic N) is 3. The van der Waals surface area contributed by atoms with Crippen LogP contribution < -0.4 is 11.2 Å². The summed E-state index contributed by atoms with van der Waals surface area (Å²) in [4.78, 5) is 39.5. The van der Waals surface area contributed by atoms with Crippen molar-refractivity contribution in [2.75, 3.05) is 0 Å². The Morgan fingerprint density at radius 3 is 2.48 bits per heavy atom. The summed E-state index contributed by atoms with van der Waals surface area (Å²) in [5, 5.41) is 16.6. The van der Waals surface area contributed by atoms with Crippen LogP contribution in [0.3, 0.4) is 0 Å². The maximum absolute atomic E-state index is 12.6. The first-order valence-electron chi connectivity index (χ1n) is 9.97. The first-order valence-corrected chi connectivity index (χ1v) is 9.97. The number of amides is 1. The molecule has 2 heterocycles. The van der Waals surface area contributed by atoms with Gasteiger partial charge in [-0.15, -0.1) is 0 Å². The minimum atomic E-state index is -0.685. The second-order valence-corrected chi connectivity index (χ2v) is 7.66. The van der Waals surface area contributed by atoms with Gasteiger partial charge in [0, 0.05) is 19.4 Å². The summed E-state index contributed by atoms with van der Waals surface area (Å²) in [7, 11) is 0. The molecule has 0 bridgehead atoms. The topological polar surface area (TPSA) is 108 Å². The molecule has 152 valence electrons. The number of hydrogen-bond donors (Lipinski definition) is 2. The molecular weight excluding hydrogens is 372 g/mol. The molecule has 1 amide bonds. The van der Waals surface area contributed by atoms with Gasteiger partial charge in [-0.2, -0.15) is 5.10 Å². The van der Waals surface area contributed by atoms with Gasteiger partial charge in [-0.1, -0.05) is 49.6 Å². The summed E-state index contributed by atoms with van der Waals surface area (Å²) in [6.07, 6.45) is 4.87. The van der Waals surface area contributed by atoms with E-state index in [2.05, 4.69) is 10.1 Å². The van der Waals surface area contributed by atoms with Gasteiger partial charge in [0.15, 0.2) is 0 Å². The molecule has 2 aliphatic rings. The molecule has 0 radical (unpaired) electrons. The second-order valence-electron chi connectivity index (χ2n) is 7.66. The van der Waals surface area contributed by atoms with Gasteiger partial charge in [-0.3, -0.25) is 19.1 Å². The number of carbonyl (C=O) groups excluding carboxylic acids is 1. The Morgan fingerprint density at radius 2 is 1.83 bits per heavy atom. The van der Waals surface area contributed by atoms with Gasteiger partial charge < -0.3 is 5.11 Å². The van der Waals surface area contributed by atoms with Crippen molar-refractivity contribution in [3.8, 4) is 5.88 Å². The van der Waals surface area contributed by atoms with E-state index >= 15 is 0 Å². The van der Waals surface area contributed by atoms with Crippen molar-refractivity contribution < 1.29 is 9.90 Å². The number of carbonyl (C=O) groups is 1. The molecule has 1 aromatic carbocycles. The fourth-order valence-electron chi connectivity index (χ4n) is 4.36. The smallest absolute Gasteiger partial charge is 0.331 e. The van der Waals surface area contributed by atoms with Crippen LogP contribution in [0.4, 0.5) is 0 Å². The number of aromatic nitrogens is 2. The monoisotopic (exact) mass is 396 g/mol. The van der Waals surface area contributed by atoms with Crippen molar-refractivity contribution in [1.82, 2.24) is 14.6 Å². The van der Waals surface area contributed by atoms with Crippen molar-refractivity contribution in [3.63, 3.8) is 0 Å². The minimum Gasteiger partial charge on any atom is -0.494 e. The number of hydrogen-bond acceptors (Lipinski definition) is 5. The van der Waals surface area contributed by atoms with Gasteiger partial charge in [0.2, 0.25) is 11.8 Å².